The van der Waals surface area contributed by atoms with Gasteiger partial charge in [-0.25, -0.2) is 12.8 Å². The highest BCUT2D eigenvalue weighted by Gasteiger charge is 2.54. The largest absolute Gasteiger partial charge is 0.368 e. The Bertz CT molecular complexity index is 796. The Hall–Kier alpha value is -1.51. The molecule has 4 rings (SSSR count). The van der Waals surface area contributed by atoms with Gasteiger partial charge in [-0.15, -0.1) is 0 Å². The maximum atomic E-state index is 13.4. The monoisotopic (exact) mass is 368 g/mol. The molecule has 3 atom stereocenters. The van der Waals surface area contributed by atoms with Gasteiger partial charge in [-0.1, -0.05) is 6.07 Å². The van der Waals surface area contributed by atoms with Crippen LogP contribution < -0.4 is 0 Å². The Morgan fingerprint density at radius 1 is 1.28 bits per heavy atom. The lowest BCUT2D eigenvalue weighted by atomic mass is 10.0. The van der Waals surface area contributed by atoms with Crippen molar-refractivity contribution in [3.8, 4) is 0 Å². The zero-order valence-electron chi connectivity index (χ0n) is 14.0. The number of likely N-dealkylation sites (tertiary alicyclic amines) is 1. The number of fused-ring (bicyclic) bond motifs is 1. The maximum Gasteiger partial charge on any atom is 0.252 e. The molecule has 0 N–H and O–H groups in total. The van der Waals surface area contributed by atoms with Gasteiger partial charge in [-0.05, 0) is 37.0 Å². The van der Waals surface area contributed by atoms with Gasteiger partial charge in [-0.2, -0.15) is 4.31 Å². The molecule has 136 valence electrons. The van der Waals surface area contributed by atoms with Crippen LogP contribution in [-0.2, 0) is 19.6 Å². The quantitative estimate of drug-likeness (QED) is 0.780. The van der Waals surface area contributed by atoms with E-state index in [0.29, 0.717) is 12.5 Å². The molecule has 2 heterocycles. The molecular weight excluding hydrogens is 347 g/mol. The van der Waals surface area contributed by atoms with Gasteiger partial charge in [0, 0.05) is 26.1 Å². The molecule has 1 aromatic carbocycles. The summed E-state index contributed by atoms with van der Waals surface area (Å²) >= 11 is 0. The van der Waals surface area contributed by atoms with Crippen LogP contribution in [0.4, 0.5) is 4.39 Å². The number of hydrogen-bond acceptors (Lipinski definition) is 4. The van der Waals surface area contributed by atoms with Crippen LogP contribution in [0, 0.1) is 17.7 Å². The third kappa shape index (κ3) is 2.96. The van der Waals surface area contributed by atoms with E-state index in [9.17, 15) is 17.6 Å². The molecule has 0 unspecified atom stereocenters. The first-order valence-electron chi connectivity index (χ1n) is 8.52. The van der Waals surface area contributed by atoms with Gasteiger partial charge in [0.25, 0.3) is 5.91 Å². The first kappa shape index (κ1) is 16.9. The Labute approximate surface area is 146 Å². The predicted molar refractivity (Wildman–Crippen MR) is 87.7 cm³/mol. The van der Waals surface area contributed by atoms with E-state index < -0.39 is 21.9 Å². The highest BCUT2D eigenvalue weighted by atomic mass is 32.2. The van der Waals surface area contributed by atoms with Crippen LogP contribution in [0.2, 0.25) is 0 Å². The molecule has 2 saturated heterocycles. The summed E-state index contributed by atoms with van der Waals surface area (Å²) in [5.74, 6) is -0.304. The highest BCUT2D eigenvalue weighted by Crippen LogP contribution is 2.37. The molecule has 8 heteroatoms. The van der Waals surface area contributed by atoms with Crippen LogP contribution in [0.25, 0.3) is 0 Å². The molecule has 1 amide bonds. The number of rotatable bonds is 5. The van der Waals surface area contributed by atoms with Crippen LogP contribution >= 0.6 is 0 Å². The van der Waals surface area contributed by atoms with Crippen molar-refractivity contribution < 1.29 is 22.3 Å². The van der Waals surface area contributed by atoms with Gasteiger partial charge in [-0.3, -0.25) is 4.79 Å². The molecule has 0 radical (unpaired) electrons. The van der Waals surface area contributed by atoms with Crippen molar-refractivity contribution in [1.29, 1.82) is 0 Å². The molecule has 0 spiro atoms. The van der Waals surface area contributed by atoms with Crippen molar-refractivity contribution in [2.45, 2.75) is 29.9 Å². The lowest BCUT2D eigenvalue weighted by molar-refractivity contribution is -0.138. The zero-order valence-corrected chi connectivity index (χ0v) is 14.8. The molecule has 2 aliphatic heterocycles. The smallest absolute Gasteiger partial charge is 0.252 e. The normalized spacial score (nSPS) is 30.1. The Morgan fingerprint density at radius 2 is 2.04 bits per heavy atom. The fraction of sp³-hybridized carbons (Fsp3) is 0.588. The number of benzene rings is 1. The van der Waals surface area contributed by atoms with Gasteiger partial charge in [0.15, 0.2) is 0 Å². The standard InChI is InChI=1S/C17H21FN2O4S/c1-19-15-9-20(25(22,23)13-4-2-3-12(18)7-13)8-14(15)16(17(19)21)24-10-11-5-6-11/h2-4,7,11,14-16H,5-6,8-10H2,1H3/t14-,15+,16-/m0/s1. The van der Waals surface area contributed by atoms with Crippen LogP contribution in [-0.4, -0.2) is 62.4 Å². The summed E-state index contributed by atoms with van der Waals surface area (Å²) in [4.78, 5) is 13.9. The first-order chi connectivity index (χ1) is 11.9. The van der Waals surface area contributed by atoms with Crippen LogP contribution in [0.5, 0.6) is 0 Å². The van der Waals surface area contributed by atoms with E-state index in [1.165, 1.54) is 22.5 Å². The van der Waals surface area contributed by atoms with Gasteiger partial charge in [0.1, 0.15) is 11.9 Å². The lowest BCUT2D eigenvalue weighted by Crippen LogP contribution is -2.39. The van der Waals surface area contributed by atoms with Crippen LogP contribution in [0.3, 0.4) is 0 Å². The van der Waals surface area contributed by atoms with E-state index in [-0.39, 0.29) is 35.9 Å². The zero-order chi connectivity index (χ0) is 17.8. The maximum absolute atomic E-state index is 13.4. The highest BCUT2D eigenvalue weighted by molar-refractivity contribution is 7.89. The van der Waals surface area contributed by atoms with E-state index in [1.54, 1.807) is 11.9 Å². The first-order valence-corrected chi connectivity index (χ1v) is 9.96. The molecule has 0 aromatic heterocycles. The molecule has 1 saturated carbocycles. The minimum Gasteiger partial charge on any atom is -0.368 e. The average Bonchev–Trinajstić information content (AvgIpc) is 3.25. The Kier molecular flexibility index (Phi) is 4.09. The molecule has 3 fully saturated rings. The van der Waals surface area contributed by atoms with Gasteiger partial charge in [0.05, 0.1) is 17.5 Å². The number of ether oxygens (including phenoxy) is 1. The fourth-order valence-corrected chi connectivity index (χ4v) is 5.25. The fourth-order valence-electron chi connectivity index (χ4n) is 3.72. The Balaban J connectivity index is 1.54. The number of carbonyl (C=O) groups is 1. The van der Waals surface area contributed by atoms with Crippen molar-refractivity contribution in [1.82, 2.24) is 9.21 Å². The van der Waals surface area contributed by atoms with Crippen molar-refractivity contribution in [2.24, 2.45) is 11.8 Å². The summed E-state index contributed by atoms with van der Waals surface area (Å²) < 4.78 is 46.2. The van der Waals surface area contributed by atoms with Crippen molar-refractivity contribution in [3.63, 3.8) is 0 Å². The van der Waals surface area contributed by atoms with Crippen LogP contribution in [0.1, 0.15) is 12.8 Å². The molecular formula is C17H21FN2O4S. The second-order valence-electron chi connectivity index (χ2n) is 7.16. The van der Waals surface area contributed by atoms with Crippen molar-refractivity contribution >= 4 is 15.9 Å². The lowest BCUT2D eigenvalue weighted by Gasteiger charge is -2.22. The number of halogens is 1. The summed E-state index contributed by atoms with van der Waals surface area (Å²) in [7, 11) is -2.09. The average molecular weight is 368 g/mol. The minimum absolute atomic E-state index is 0.0584. The molecule has 0 bridgehead atoms. The van der Waals surface area contributed by atoms with Crippen molar-refractivity contribution in [3.05, 3.63) is 30.1 Å². The number of hydrogen-bond donors (Lipinski definition) is 0. The minimum atomic E-state index is -3.79. The number of carbonyl (C=O) groups excluding carboxylic acids is 1. The summed E-state index contributed by atoms with van der Waals surface area (Å²) in [6, 6.07) is 4.82. The van der Waals surface area contributed by atoms with E-state index >= 15 is 0 Å². The van der Waals surface area contributed by atoms with Gasteiger partial charge >= 0.3 is 0 Å². The summed E-state index contributed by atoms with van der Waals surface area (Å²) in [5.41, 5.74) is 0. The SMILES string of the molecule is CN1C(=O)[C@@H](OCC2CC2)[C@H]2CN(S(=O)(=O)c3cccc(F)c3)C[C@H]21. The van der Waals surface area contributed by atoms with E-state index in [4.69, 9.17) is 4.74 Å². The van der Waals surface area contributed by atoms with Crippen LogP contribution in [0.15, 0.2) is 29.2 Å². The van der Waals surface area contributed by atoms with Gasteiger partial charge < -0.3 is 9.64 Å². The third-order valence-corrected chi connectivity index (χ3v) is 7.25. The predicted octanol–water partition coefficient (Wildman–Crippen LogP) is 1.08. The molecule has 1 aliphatic carbocycles. The van der Waals surface area contributed by atoms with Crippen molar-refractivity contribution in [2.75, 3.05) is 26.7 Å². The topological polar surface area (TPSA) is 66.9 Å². The number of nitrogens with zero attached hydrogens (tertiary/aromatic N) is 2. The summed E-state index contributed by atoms with van der Waals surface area (Å²) in [6.07, 6.45) is 1.68. The number of sulfonamides is 1. The summed E-state index contributed by atoms with van der Waals surface area (Å²) in [6.45, 7) is 0.994. The molecule has 3 aliphatic rings. The molecule has 25 heavy (non-hydrogen) atoms. The second kappa shape index (κ2) is 6.03. The molecule has 6 nitrogen and oxygen atoms in total. The van der Waals surface area contributed by atoms with E-state index in [2.05, 4.69) is 0 Å². The van der Waals surface area contributed by atoms with E-state index in [1.807, 2.05) is 0 Å². The third-order valence-electron chi connectivity index (χ3n) is 5.42. The number of amides is 1. The summed E-state index contributed by atoms with van der Waals surface area (Å²) in [5, 5.41) is 0. The number of likely N-dealkylation sites (N-methyl/N-ethyl adjacent to an activating group) is 1. The second-order valence-corrected chi connectivity index (χ2v) is 9.09. The van der Waals surface area contributed by atoms with E-state index in [0.717, 1.165) is 18.9 Å². The Morgan fingerprint density at radius 3 is 2.72 bits per heavy atom. The molecule has 1 aromatic rings. The van der Waals surface area contributed by atoms with Gasteiger partial charge in [0.2, 0.25) is 10.0 Å².